The largest absolute Gasteiger partial charge is 0.265 e. The Kier molecular flexibility index (Phi) is 11.7. The Morgan fingerprint density at radius 1 is 0.250 bits per heavy atom. The molecule has 3 heterocycles. The average Bonchev–Trinajstić information content (AvgIpc) is 3.38. The first-order valence-corrected chi connectivity index (χ1v) is 23.1. The van der Waals surface area contributed by atoms with Crippen molar-refractivity contribution in [3.8, 4) is 102 Å². The van der Waals surface area contributed by atoms with E-state index in [4.69, 9.17) is 29.9 Å². The van der Waals surface area contributed by atoms with E-state index in [0.29, 0.717) is 34.9 Å². The van der Waals surface area contributed by atoms with Gasteiger partial charge < -0.3 is 0 Å². The van der Waals surface area contributed by atoms with E-state index in [0.717, 1.165) is 66.8 Å². The van der Waals surface area contributed by atoms with Gasteiger partial charge in [0.2, 0.25) is 0 Å². The molecule has 10 aromatic rings. The third-order valence-corrected chi connectivity index (χ3v) is 12.2. The zero-order valence-electron chi connectivity index (χ0n) is 39.2. The summed E-state index contributed by atoms with van der Waals surface area (Å²) in [4.78, 5) is 35.7. The first kappa shape index (κ1) is 43.6. The van der Waals surface area contributed by atoms with Gasteiger partial charge in [-0.2, -0.15) is 0 Å². The van der Waals surface area contributed by atoms with Crippen molar-refractivity contribution in [3.63, 3.8) is 0 Å². The van der Waals surface area contributed by atoms with Gasteiger partial charge in [-0.1, -0.05) is 211 Å². The normalized spacial score (nSPS) is 11.7. The molecule has 0 saturated carbocycles. The van der Waals surface area contributed by atoms with Gasteiger partial charge in [0.05, 0.1) is 0 Å². The Morgan fingerprint density at radius 3 is 1.07 bits per heavy atom. The molecule has 0 aliphatic carbocycles. The van der Waals surface area contributed by atoms with Crippen molar-refractivity contribution in [2.24, 2.45) is 0 Å². The van der Waals surface area contributed by atoms with Gasteiger partial charge in [0.25, 0.3) is 0 Å². The molecule has 0 aliphatic heterocycles. The molecule has 0 bridgehead atoms. The highest BCUT2D eigenvalue weighted by atomic mass is 15.0. The lowest BCUT2D eigenvalue weighted by Crippen LogP contribution is -2.13. The van der Waals surface area contributed by atoms with E-state index in [-0.39, 0.29) is 10.8 Å². The number of nitrogens with zero attached hydrogens (tertiary/aromatic N) is 7. The van der Waals surface area contributed by atoms with Gasteiger partial charge in [-0.05, 0) is 73.5 Å². The Morgan fingerprint density at radius 2 is 0.603 bits per heavy atom. The van der Waals surface area contributed by atoms with E-state index < -0.39 is 0 Å². The summed E-state index contributed by atoms with van der Waals surface area (Å²) in [6.07, 6.45) is 3.69. The summed E-state index contributed by atoms with van der Waals surface area (Å²) in [6, 6.07) is 64.7. The van der Waals surface area contributed by atoms with Crippen LogP contribution in [0.4, 0.5) is 0 Å². The van der Waals surface area contributed by atoms with Crippen LogP contribution in [-0.2, 0) is 10.8 Å². The standard InChI is InChI=1S/C61H51N7/c1-60(2,3)52-31-19-17-29-49(52)58-65-54(41-21-9-7-10-22-41)63-56(67-58)47-27-15-13-25-44(47)43-33-34-46(51(39-43)40-35-37-62-38-36-40)45-26-14-16-28-48(45)57-64-55(42-23-11-8-12-24-42)66-59(68-57)50-30-18-20-32-53(50)61(4,5)6/h7-39H,1-6H3. The summed E-state index contributed by atoms with van der Waals surface area (Å²) < 4.78 is 0. The molecule has 7 nitrogen and oxygen atoms in total. The van der Waals surface area contributed by atoms with Crippen LogP contribution in [-0.4, -0.2) is 34.9 Å². The maximum atomic E-state index is 5.30. The van der Waals surface area contributed by atoms with Crippen molar-refractivity contribution in [3.05, 3.63) is 212 Å². The van der Waals surface area contributed by atoms with E-state index in [1.165, 1.54) is 11.1 Å². The van der Waals surface area contributed by atoms with Crippen LogP contribution in [0.5, 0.6) is 0 Å². The Labute approximate surface area is 398 Å². The fourth-order valence-corrected chi connectivity index (χ4v) is 8.89. The van der Waals surface area contributed by atoms with Crippen LogP contribution in [0.15, 0.2) is 200 Å². The van der Waals surface area contributed by atoms with Gasteiger partial charge in [-0.15, -0.1) is 0 Å². The highest BCUT2D eigenvalue weighted by Crippen LogP contribution is 2.43. The third-order valence-electron chi connectivity index (χ3n) is 12.2. The van der Waals surface area contributed by atoms with Crippen LogP contribution in [0.1, 0.15) is 52.7 Å². The Hall–Kier alpha value is -8.29. The van der Waals surface area contributed by atoms with Crippen molar-refractivity contribution in [2.45, 2.75) is 52.4 Å². The number of pyridine rings is 1. The Balaban J connectivity index is 1.15. The molecular weight excluding hydrogens is 831 g/mol. The molecule has 7 aromatic carbocycles. The lowest BCUT2D eigenvalue weighted by molar-refractivity contribution is 0.591. The van der Waals surface area contributed by atoms with Crippen LogP contribution < -0.4 is 0 Å². The predicted molar refractivity (Wildman–Crippen MR) is 277 cm³/mol. The molecule has 0 saturated heterocycles. The van der Waals surface area contributed by atoms with Gasteiger partial charge in [0.15, 0.2) is 34.9 Å². The molecule has 0 N–H and O–H groups in total. The molecule has 0 radical (unpaired) electrons. The number of hydrogen-bond acceptors (Lipinski definition) is 7. The van der Waals surface area contributed by atoms with Crippen molar-refractivity contribution in [1.29, 1.82) is 0 Å². The summed E-state index contributed by atoms with van der Waals surface area (Å²) in [5, 5.41) is 0. The SMILES string of the molecule is CC(C)(C)c1ccccc1-c1nc(-c2ccccc2)nc(-c2ccccc2-c2ccc(-c3ccccc3-c3nc(-c4ccccc4)nc(-c4ccccc4C(C)(C)C)n3)c(-c3ccncc3)c2)n1. The van der Waals surface area contributed by atoms with E-state index in [9.17, 15) is 0 Å². The molecule has 7 heteroatoms. The van der Waals surface area contributed by atoms with Crippen LogP contribution in [0, 0.1) is 0 Å². The predicted octanol–water partition coefficient (Wildman–Crippen LogP) is 15.0. The number of rotatable bonds is 9. The molecule has 0 aliphatic rings. The number of hydrogen-bond donors (Lipinski definition) is 0. The molecule has 0 fully saturated rings. The maximum Gasteiger partial charge on any atom is 0.164 e. The van der Waals surface area contributed by atoms with Crippen molar-refractivity contribution < 1.29 is 0 Å². The second-order valence-corrected chi connectivity index (χ2v) is 19.0. The van der Waals surface area contributed by atoms with Crippen LogP contribution in [0.3, 0.4) is 0 Å². The first-order chi connectivity index (χ1) is 33.0. The number of aromatic nitrogens is 7. The molecule has 10 rings (SSSR count). The zero-order valence-corrected chi connectivity index (χ0v) is 39.2. The third kappa shape index (κ3) is 8.86. The Bertz CT molecular complexity index is 3410. The first-order valence-electron chi connectivity index (χ1n) is 23.1. The van der Waals surface area contributed by atoms with Crippen LogP contribution >= 0.6 is 0 Å². The minimum atomic E-state index is -0.137. The second kappa shape index (κ2) is 18.2. The minimum absolute atomic E-state index is 0.133. The van der Waals surface area contributed by atoms with Gasteiger partial charge in [-0.25, -0.2) is 29.9 Å². The topological polar surface area (TPSA) is 90.2 Å². The highest BCUT2D eigenvalue weighted by Gasteiger charge is 2.25. The van der Waals surface area contributed by atoms with Gasteiger partial charge in [-0.3, -0.25) is 4.98 Å². The van der Waals surface area contributed by atoms with E-state index in [1.807, 2.05) is 73.1 Å². The van der Waals surface area contributed by atoms with Gasteiger partial charge >= 0.3 is 0 Å². The molecule has 330 valence electrons. The van der Waals surface area contributed by atoms with E-state index in [2.05, 4.69) is 174 Å². The fraction of sp³-hybridized carbons (Fsp3) is 0.131. The molecule has 0 amide bonds. The summed E-state index contributed by atoms with van der Waals surface area (Å²) in [7, 11) is 0. The second-order valence-electron chi connectivity index (χ2n) is 19.0. The highest BCUT2D eigenvalue weighted by molar-refractivity contribution is 5.94. The zero-order chi connectivity index (χ0) is 46.8. The molecule has 3 aromatic heterocycles. The monoisotopic (exact) mass is 881 g/mol. The van der Waals surface area contributed by atoms with Crippen molar-refractivity contribution >= 4 is 0 Å². The van der Waals surface area contributed by atoms with Crippen LogP contribution in [0.25, 0.3) is 102 Å². The smallest absolute Gasteiger partial charge is 0.164 e. The van der Waals surface area contributed by atoms with Gasteiger partial charge in [0, 0.05) is 45.8 Å². The van der Waals surface area contributed by atoms with E-state index >= 15 is 0 Å². The number of benzene rings is 7. The van der Waals surface area contributed by atoms with Crippen LogP contribution in [0.2, 0.25) is 0 Å². The molecular formula is C61H51N7. The maximum absolute atomic E-state index is 5.30. The lowest BCUT2D eigenvalue weighted by Gasteiger charge is -2.23. The average molecular weight is 882 g/mol. The minimum Gasteiger partial charge on any atom is -0.265 e. The lowest BCUT2D eigenvalue weighted by atomic mass is 9.83. The summed E-state index contributed by atoms with van der Waals surface area (Å²) in [5.74, 6) is 3.69. The van der Waals surface area contributed by atoms with Gasteiger partial charge in [0.1, 0.15) is 0 Å². The molecule has 0 unspecified atom stereocenters. The molecule has 68 heavy (non-hydrogen) atoms. The van der Waals surface area contributed by atoms with Crippen molar-refractivity contribution in [1.82, 2.24) is 34.9 Å². The summed E-state index contributed by atoms with van der Waals surface area (Å²) in [6.45, 7) is 13.3. The fourth-order valence-electron chi connectivity index (χ4n) is 8.89. The molecule has 0 spiro atoms. The quantitative estimate of drug-likeness (QED) is 0.143. The summed E-state index contributed by atoms with van der Waals surface area (Å²) in [5.41, 5.74) is 13.8. The van der Waals surface area contributed by atoms with Crippen molar-refractivity contribution in [2.75, 3.05) is 0 Å². The van der Waals surface area contributed by atoms with E-state index in [1.54, 1.807) is 0 Å². The summed E-state index contributed by atoms with van der Waals surface area (Å²) >= 11 is 0. The molecule has 0 atom stereocenters.